The smallest absolute Gasteiger partial charge is 0.338 e. The third-order valence-electron chi connectivity index (χ3n) is 4.11. The Hall–Kier alpha value is -3.08. The highest BCUT2D eigenvalue weighted by atomic mass is 16.5. The van der Waals surface area contributed by atoms with E-state index >= 15 is 0 Å². The second-order valence-corrected chi connectivity index (χ2v) is 6.04. The summed E-state index contributed by atoms with van der Waals surface area (Å²) in [7, 11) is 0. The fourth-order valence-electron chi connectivity index (χ4n) is 2.76. The van der Waals surface area contributed by atoms with Crippen molar-refractivity contribution in [1.29, 1.82) is 0 Å². The summed E-state index contributed by atoms with van der Waals surface area (Å²) in [5.41, 5.74) is 2.81. The topological polar surface area (TPSA) is 65.7 Å². The Morgan fingerprint density at radius 1 is 1.08 bits per heavy atom. The van der Waals surface area contributed by atoms with Crippen LogP contribution in [0.5, 0.6) is 5.75 Å². The van der Waals surface area contributed by atoms with Gasteiger partial charge in [0.25, 0.3) is 0 Å². The highest BCUT2D eigenvalue weighted by Crippen LogP contribution is 2.30. The number of carbonyl (C=O) groups excluding carboxylic acids is 1. The van der Waals surface area contributed by atoms with Gasteiger partial charge in [-0.15, -0.1) is 0 Å². The number of hydrogen-bond acceptors (Lipinski definition) is 5. The Bertz CT molecular complexity index is 999. The van der Waals surface area contributed by atoms with Gasteiger partial charge >= 0.3 is 11.6 Å². The average Bonchev–Trinajstić information content (AvgIpc) is 2.61. The minimum Gasteiger partial charge on any atom is -0.493 e. The molecule has 0 saturated heterocycles. The zero-order valence-electron chi connectivity index (χ0n) is 15.0. The van der Waals surface area contributed by atoms with E-state index in [1.807, 2.05) is 39.0 Å². The van der Waals surface area contributed by atoms with Crippen LogP contribution in [0, 0.1) is 13.8 Å². The summed E-state index contributed by atoms with van der Waals surface area (Å²) in [6.07, 6.45) is 0. The van der Waals surface area contributed by atoms with Crippen LogP contribution in [0.2, 0.25) is 0 Å². The van der Waals surface area contributed by atoms with Gasteiger partial charge in [0.05, 0.1) is 17.7 Å². The largest absolute Gasteiger partial charge is 0.493 e. The van der Waals surface area contributed by atoms with Gasteiger partial charge in [-0.25, -0.2) is 9.59 Å². The van der Waals surface area contributed by atoms with Gasteiger partial charge in [-0.2, -0.15) is 0 Å². The molecule has 2 aromatic carbocycles. The maximum Gasteiger partial charge on any atom is 0.338 e. The van der Waals surface area contributed by atoms with Crippen molar-refractivity contribution < 1.29 is 18.7 Å². The molecule has 0 amide bonds. The summed E-state index contributed by atoms with van der Waals surface area (Å²) in [6.45, 7) is 6.04. The maximum atomic E-state index is 12.3. The van der Waals surface area contributed by atoms with Crippen molar-refractivity contribution in [2.75, 3.05) is 6.61 Å². The third kappa shape index (κ3) is 3.61. The molecule has 0 spiro atoms. The number of esters is 1. The number of hydrogen-bond donors (Lipinski definition) is 0. The van der Waals surface area contributed by atoms with E-state index in [2.05, 4.69) is 0 Å². The van der Waals surface area contributed by atoms with Gasteiger partial charge in [-0.1, -0.05) is 17.7 Å². The van der Waals surface area contributed by atoms with E-state index in [0.717, 1.165) is 16.5 Å². The van der Waals surface area contributed by atoms with E-state index in [-0.39, 0.29) is 6.61 Å². The Morgan fingerprint density at radius 2 is 1.81 bits per heavy atom. The predicted octanol–water partition coefficient (Wildman–Crippen LogP) is 4.17. The van der Waals surface area contributed by atoms with Gasteiger partial charge in [0.15, 0.2) is 0 Å². The molecule has 0 bridgehead atoms. The molecule has 5 nitrogen and oxygen atoms in total. The molecule has 26 heavy (non-hydrogen) atoms. The first-order valence-corrected chi connectivity index (χ1v) is 8.42. The molecule has 0 aliphatic heterocycles. The second-order valence-electron chi connectivity index (χ2n) is 6.04. The van der Waals surface area contributed by atoms with Crippen molar-refractivity contribution in [2.24, 2.45) is 0 Å². The van der Waals surface area contributed by atoms with Crippen LogP contribution in [-0.4, -0.2) is 12.6 Å². The first-order valence-electron chi connectivity index (χ1n) is 8.42. The zero-order chi connectivity index (χ0) is 18.7. The third-order valence-corrected chi connectivity index (χ3v) is 4.11. The van der Waals surface area contributed by atoms with Gasteiger partial charge in [-0.3, -0.25) is 0 Å². The zero-order valence-corrected chi connectivity index (χ0v) is 15.0. The Labute approximate surface area is 151 Å². The predicted molar refractivity (Wildman–Crippen MR) is 98.7 cm³/mol. The van der Waals surface area contributed by atoms with Gasteiger partial charge in [-0.05, 0) is 50.6 Å². The first-order chi connectivity index (χ1) is 12.5. The van der Waals surface area contributed by atoms with Crippen molar-refractivity contribution in [1.82, 2.24) is 0 Å². The molecule has 5 heteroatoms. The van der Waals surface area contributed by atoms with Gasteiger partial charge in [0.2, 0.25) is 0 Å². The molecule has 0 fully saturated rings. The molecular weight excluding hydrogens is 332 g/mol. The summed E-state index contributed by atoms with van der Waals surface area (Å²) in [5, 5.41) is 0.787. The molecule has 0 aliphatic rings. The van der Waals surface area contributed by atoms with Crippen molar-refractivity contribution in [2.45, 2.75) is 27.4 Å². The fraction of sp³-hybridized carbons (Fsp3) is 0.238. The highest BCUT2D eigenvalue weighted by molar-refractivity contribution is 5.90. The lowest BCUT2D eigenvalue weighted by atomic mass is 10.1. The lowest BCUT2D eigenvalue weighted by Crippen LogP contribution is -2.08. The minimum absolute atomic E-state index is 0.0498. The maximum absolute atomic E-state index is 12.3. The highest BCUT2D eigenvalue weighted by Gasteiger charge is 2.16. The minimum atomic E-state index is -0.449. The van der Waals surface area contributed by atoms with E-state index in [1.165, 1.54) is 6.07 Å². The van der Waals surface area contributed by atoms with Gasteiger partial charge in [0, 0.05) is 11.5 Å². The van der Waals surface area contributed by atoms with Crippen LogP contribution in [0.4, 0.5) is 0 Å². The molecule has 3 rings (SSSR count). The van der Waals surface area contributed by atoms with Crippen LogP contribution >= 0.6 is 0 Å². The van der Waals surface area contributed by atoms with Crippen LogP contribution in [0.15, 0.2) is 51.7 Å². The molecule has 0 atom stereocenters. The molecule has 0 radical (unpaired) electrons. The number of ether oxygens (including phenoxy) is 2. The molecule has 1 aromatic heterocycles. The number of aryl methyl sites for hydroxylation is 2. The van der Waals surface area contributed by atoms with Gasteiger partial charge < -0.3 is 13.9 Å². The second kappa shape index (κ2) is 7.44. The molecule has 0 saturated carbocycles. The Morgan fingerprint density at radius 3 is 2.50 bits per heavy atom. The van der Waals surface area contributed by atoms with Crippen LogP contribution in [0.1, 0.15) is 34.0 Å². The van der Waals surface area contributed by atoms with Crippen LogP contribution in [-0.2, 0) is 11.3 Å². The number of benzene rings is 2. The summed E-state index contributed by atoms with van der Waals surface area (Å²) in [6, 6.07) is 12.2. The quantitative estimate of drug-likeness (QED) is 0.509. The van der Waals surface area contributed by atoms with E-state index < -0.39 is 11.6 Å². The molecular formula is C21H20O5. The molecule has 0 aliphatic carbocycles. The average molecular weight is 352 g/mol. The van der Waals surface area contributed by atoms with Crippen LogP contribution < -0.4 is 10.4 Å². The molecule has 134 valence electrons. The lowest BCUT2D eigenvalue weighted by Gasteiger charge is -2.13. The molecule has 0 N–H and O–H groups in total. The summed E-state index contributed by atoms with van der Waals surface area (Å²) in [5.74, 6) is 0.0879. The van der Waals surface area contributed by atoms with Crippen molar-refractivity contribution in [3.63, 3.8) is 0 Å². The Kier molecular flexibility index (Phi) is 5.07. The van der Waals surface area contributed by atoms with E-state index in [9.17, 15) is 9.59 Å². The first kappa shape index (κ1) is 17.7. The standard InChI is InChI=1S/C21H20O5/c1-4-24-18-10-9-16-14(3)11-19(22)26-20(16)17(18)12-25-21(23)15-7-5-13(2)6-8-15/h5-11H,4,12H2,1-3H3. The normalized spacial score (nSPS) is 10.7. The van der Waals surface area contributed by atoms with Crippen molar-refractivity contribution >= 4 is 16.9 Å². The molecule has 0 unspecified atom stereocenters. The van der Waals surface area contributed by atoms with E-state index in [4.69, 9.17) is 13.9 Å². The van der Waals surface area contributed by atoms with Crippen LogP contribution in [0.3, 0.4) is 0 Å². The lowest BCUT2D eigenvalue weighted by molar-refractivity contribution is 0.0470. The monoisotopic (exact) mass is 352 g/mol. The molecule has 1 heterocycles. The SMILES string of the molecule is CCOc1ccc2c(C)cc(=O)oc2c1COC(=O)c1ccc(C)cc1. The number of carbonyl (C=O) groups is 1. The number of rotatable bonds is 5. The van der Waals surface area contributed by atoms with E-state index in [0.29, 0.717) is 29.1 Å². The summed E-state index contributed by atoms with van der Waals surface area (Å²) >= 11 is 0. The summed E-state index contributed by atoms with van der Waals surface area (Å²) in [4.78, 5) is 24.1. The van der Waals surface area contributed by atoms with Gasteiger partial charge in [0.1, 0.15) is 17.9 Å². The Balaban J connectivity index is 1.96. The van der Waals surface area contributed by atoms with Crippen molar-refractivity contribution in [3.05, 3.63) is 75.1 Å². The molecule has 3 aromatic rings. The number of fused-ring (bicyclic) bond motifs is 1. The summed E-state index contributed by atoms with van der Waals surface area (Å²) < 4.78 is 16.5. The van der Waals surface area contributed by atoms with E-state index in [1.54, 1.807) is 18.2 Å². The van der Waals surface area contributed by atoms with Crippen LogP contribution in [0.25, 0.3) is 11.0 Å². The van der Waals surface area contributed by atoms with Crippen molar-refractivity contribution in [3.8, 4) is 5.75 Å². The fourth-order valence-corrected chi connectivity index (χ4v) is 2.76.